The highest BCUT2D eigenvalue weighted by Gasteiger charge is 2.24. The van der Waals surface area contributed by atoms with E-state index in [2.05, 4.69) is 15.3 Å². The van der Waals surface area contributed by atoms with Crippen LogP contribution in [0.3, 0.4) is 0 Å². The van der Waals surface area contributed by atoms with Crippen LogP contribution in [-0.2, 0) is 50.1 Å². The van der Waals surface area contributed by atoms with Crippen LogP contribution in [0.1, 0.15) is 35.1 Å². The Hall–Kier alpha value is -5.54. The molecule has 2 aromatic carbocycles. The summed E-state index contributed by atoms with van der Waals surface area (Å²) < 4.78 is 18.9. The molecule has 0 radical (unpaired) electrons. The van der Waals surface area contributed by atoms with E-state index < -0.39 is 46.6 Å². The van der Waals surface area contributed by atoms with Gasteiger partial charge in [-0.2, -0.15) is 0 Å². The lowest BCUT2D eigenvalue weighted by Crippen LogP contribution is -2.36. The van der Waals surface area contributed by atoms with Gasteiger partial charge < -0.3 is 25.3 Å². The number of aromatic amines is 2. The lowest BCUT2D eigenvalue weighted by Gasteiger charge is -2.21. The van der Waals surface area contributed by atoms with Crippen LogP contribution >= 0.6 is 0 Å². The summed E-state index contributed by atoms with van der Waals surface area (Å²) in [6, 6.07) is 14.3. The summed E-state index contributed by atoms with van der Waals surface area (Å²) in [6.07, 6.45) is 1.64. The number of benzene rings is 2. The van der Waals surface area contributed by atoms with Gasteiger partial charge in [0.15, 0.2) is 6.10 Å². The fraction of sp³-hybridized carbons (Fsp3) is 0.333. The van der Waals surface area contributed by atoms with Crippen LogP contribution in [0.5, 0.6) is 0 Å². The molecule has 2 aromatic heterocycles. The molecule has 0 spiro atoms. The first-order valence-corrected chi connectivity index (χ1v) is 15.1. The van der Waals surface area contributed by atoms with Gasteiger partial charge in [0.05, 0.1) is 7.11 Å². The molecule has 0 aliphatic heterocycles. The maximum Gasteiger partial charge on any atom is 0.335 e. The van der Waals surface area contributed by atoms with Crippen LogP contribution in [0.25, 0.3) is 0 Å². The summed E-state index contributed by atoms with van der Waals surface area (Å²) in [5.41, 5.74) is 6.86. The van der Waals surface area contributed by atoms with Crippen molar-refractivity contribution in [2.24, 2.45) is 0 Å². The van der Waals surface area contributed by atoms with Gasteiger partial charge in [-0.25, -0.2) is 14.4 Å². The number of aromatic nitrogens is 4. The van der Waals surface area contributed by atoms with Crippen molar-refractivity contribution in [1.29, 1.82) is 0 Å². The number of carbonyl (C=O) groups is 2. The maximum absolute atomic E-state index is 13.7. The highest BCUT2D eigenvalue weighted by Crippen LogP contribution is 2.21. The van der Waals surface area contributed by atoms with E-state index in [9.17, 15) is 28.8 Å². The Bertz CT molecular complexity index is 1990. The van der Waals surface area contributed by atoms with Crippen LogP contribution in [-0.4, -0.2) is 50.3 Å². The van der Waals surface area contributed by atoms with E-state index in [0.29, 0.717) is 34.5 Å². The van der Waals surface area contributed by atoms with Crippen molar-refractivity contribution in [3.63, 3.8) is 0 Å². The van der Waals surface area contributed by atoms with Gasteiger partial charge in [-0.1, -0.05) is 36.4 Å². The second-order valence-electron chi connectivity index (χ2n) is 11.1. The smallest absolute Gasteiger partial charge is 0.335 e. The Balaban J connectivity index is 1.49. The Labute approximate surface area is 274 Å². The van der Waals surface area contributed by atoms with Gasteiger partial charge in [0.2, 0.25) is 0 Å². The molecule has 2 heterocycles. The zero-order valence-corrected chi connectivity index (χ0v) is 26.8. The predicted octanol–water partition coefficient (Wildman–Crippen LogP) is 1.35. The Morgan fingerprint density at radius 1 is 0.771 bits per heavy atom. The van der Waals surface area contributed by atoms with Gasteiger partial charge in [-0.05, 0) is 62.8 Å². The molecule has 15 heteroatoms. The molecule has 0 aliphatic carbocycles. The first-order valence-electron chi connectivity index (χ1n) is 15.1. The minimum Gasteiger partial charge on any atom is -0.467 e. The molecule has 0 unspecified atom stereocenters. The van der Waals surface area contributed by atoms with E-state index in [-0.39, 0.29) is 32.7 Å². The number of nitrogens with two attached hydrogens (primary N) is 1. The molecule has 15 nitrogen and oxygen atoms in total. The molecule has 5 N–H and O–H groups in total. The zero-order valence-electron chi connectivity index (χ0n) is 26.8. The minimum atomic E-state index is -1.07. The number of anilines is 2. The first kappa shape index (κ1) is 35.3. The summed E-state index contributed by atoms with van der Waals surface area (Å²) in [5.74, 6) is -1.15. The van der Waals surface area contributed by atoms with Crippen molar-refractivity contribution in [1.82, 2.24) is 19.1 Å². The number of methoxy groups -OCH3 is 1. The lowest BCUT2D eigenvalue weighted by molar-refractivity contribution is -0.157. The number of aryl methyl sites for hydroxylation is 4. The summed E-state index contributed by atoms with van der Waals surface area (Å²) >= 11 is 0. The molecule has 0 fully saturated rings. The van der Waals surface area contributed by atoms with E-state index >= 15 is 0 Å². The Morgan fingerprint density at radius 3 is 1.85 bits per heavy atom. The van der Waals surface area contributed by atoms with E-state index in [1.54, 1.807) is 37.3 Å². The highest BCUT2D eigenvalue weighted by atomic mass is 16.6. The van der Waals surface area contributed by atoms with Crippen molar-refractivity contribution in [2.75, 3.05) is 18.2 Å². The largest absolute Gasteiger partial charge is 0.467 e. The van der Waals surface area contributed by atoms with E-state index in [1.807, 2.05) is 18.2 Å². The van der Waals surface area contributed by atoms with Crippen LogP contribution in [0.4, 0.5) is 11.4 Å². The summed E-state index contributed by atoms with van der Waals surface area (Å²) in [6.45, 7) is 2.48. The third-order valence-corrected chi connectivity index (χ3v) is 7.65. The molecule has 254 valence electrons. The minimum absolute atomic E-state index is 0.137. The van der Waals surface area contributed by atoms with E-state index in [0.717, 1.165) is 14.7 Å². The number of amides is 1. The molecule has 4 aromatic rings. The molecule has 0 bridgehead atoms. The quantitative estimate of drug-likeness (QED) is 0.106. The van der Waals surface area contributed by atoms with Gasteiger partial charge in [0.1, 0.15) is 19.6 Å². The van der Waals surface area contributed by atoms with Crippen LogP contribution in [0, 0.1) is 13.8 Å². The second kappa shape index (κ2) is 16.3. The normalized spacial score (nSPS) is 12.3. The molecule has 0 saturated heterocycles. The lowest BCUT2D eigenvalue weighted by atomic mass is 10.0. The topological polar surface area (TPSA) is 210 Å². The first-order chi connectivity index (χ1) is 23.0. The number of carbonyl (C=O) groups excluding carboxylic acids is 2. The van der Waals surface area contributed by atoms with Gasteiger partial charge >= 0.3 is 17.3 Å². The van der Waals surface area contributed by atoms with Crippen molar-refractivity contribution in [2.45, 2.75) is 65.2 Å². The second-order valence-corrected chi connectivity index (χ2v) is 11.1. The average Bonchev–Trinajstić information content (AvgIpc) is 3.06. The van der Waals surface area contributed by atoms with Crippen LogP contribution in [0.2, 0.25) is 0 Å². The van der Waals surface area contributed by atoms with Crippen molar-refractivity contribution >= 4 is 23.3 Å². The fourth-order valence-electron chi connectivity index (χ4n) is 4.87. The highest BCUT2D eigenvalue weighted by molar-refractivity contribution is 5.94. The number of nitrogens with one attached hydrogen (secondary N) is 3. The third kappa shape index (κ3) is 9.27. The Morgan fingerprint density at radius 2 is 1.27 bits per heavy atom. The standard InChI is InChI=1S/C33H38N6O9/c1-20-16-38(32(44)36-28(20)40)18-47-26(14-12-22-8-4-6-10-24(22)34)30(42)35-25-11-7-5-9-23(25)13-15-27(31(43)46-3)48-19-39-17-21(2)29(41)37-33(39)45/h4-11,16-17,26-27H,12-15,18-19,34H2,1-3H3,(H,35,42)(H,36,40,44)(H,37,41,45)/t26-,27-/m0/s1. The SMILES string of the molecule is COC(=O)[C@H](CCc1ccccc1NC(=O)[C@H](CCc1ccccc1N)OCn1cc(C)c(=O)[nH]c1=O)OCn1cc(C)c(=O)[nH]c1=O. The average molecular weight is 663 g/mol. The molecular weight excluding hydrogens is 624 g/mol. The summed E-state index contributed by atoms with van der Waals surface area (Å²) in [5, 5.41) is 2.90. The zero-order chi connectivity index (χ0) is 34.8. The molecule has 1 amide bonds. The van der Waals surface area contributed by atoms with Crippen molar-refractivity contribution in [3.8, 4) is 0 Å². The van der Waals surface area contributed by atoms with Crippen molar-refractivity contribution < 1.29 is 23.8 Å². The molecule has 4 rings (SSSR count). The molecular formula is C33H38N6O9. The summed E-state index contributed by atoms with van der Waals surface area (Å²) in [7, 11) is 1.22. The molecule has 48 heavy (non-hydrogen) atoms. The number of nitrogen functional groups attached to an aromatic ring is 1. The van der Waals surface area contributed by atoms with Crippen LogP contribution < -0.4 is 33.5 Å². The number of hydrogen-bond acceptors (Lipinski definition) is 10. The van der Waals surface area contributed by atoms with Gasteiger partial charge in [-0.15, -0.1) is 0 Å². The molecule has 0 aliphatic rings. The van der Waals surface area contributed by atoms with E-state index in [4.69, 9.17) is 19.9 Å². The molecule has 0 saturated carbocycles. The van der Waals surface area contributed by atoms with Gasteiger partial charge in [0, 0.05) is 34.9 Å². The number of para-hydroxylation sites is 2. The fourth-order valence-corrected chi connectivity index (χ4v) is 4.87. The number of H-pyrrole nitrogens is 2. The number of ether oxygens (including phenoxy) is 3. The maximum atomic E-state index is 13.7. The molecule has 2 atom stereocenters. The van der Waals surface area contributed by atoms with Gasteiger partial charge in [0.25, 0.3) is 17.0 Å². The van der Waals surface area contributed by atoms with Crippen molar-refractivity contribution in [3.05, 3.63) is 125 Å². The number of esters is 1. The van der Waals surface area contributed by atoms with Crippen LogP contribution in [0.15, 0.2) is 80.1 Å². The van der Waals surface area contributed by atoms with E-state index in [1.165, 1.54) is 26.4 Å². The monoisotopic (exact) mass is 662 g/mol. The number of hydrogen-bond donors (Lipinski definition) is 4. The summed E-state index contributed by atoms with van der Waals surface area (Å²) in [4.78, 5) is 78.6. The third-order valence-electron chi connectivity index (χ3n) is 7.65. The number of rotatable bonds is 15. The number of nitrogens with zero attached hydrogens (tertiary/aromatic N) is 2. The van der Waals surface area contributed by atoms with Gasteiger partial charge in [-0.3, -0.25) is 33.5 Å². The Kier molecular flexibility index (Phi) is 12.0. The predicted molar refractivity (Wildman–Crippen MR) is 176 cm³/mol.